The molecule has 0 radical (unpaired) electrons. The predicted octanol–water partition coefficient (Wildman–Crippen LogP) is 4.52. The minimum absolute atomic E-state index is 0.0915. The van der Waals surface area contributed by atoms with Crippen LogP contribution in [0.2, 0.25) is 0 Å². The highest BCUT2D eigenvalue weighted by Crippen LogP contribution is 2.21. The summed E-state index contributed by atoms with van der Waals surface area (Å²) in [6, 6.07) is 23.2. The second kappa shape index (κ2) is 9.04. The number of anilines is 2. The minimum Gasteiger partial charge on any atom is -0.368 e. The number of rotatable bonds is 4. The molecular formula is C26H27N3O2. The number of nitrogens with one attached hydrogen (secondary N) is 1. The van der Waals surface area contributed by atoms with Crippen molar-refractivity contribution in [3.63, 3.8) is 0 Å². The molecule has 0 aromatic heterocycles. The number of piperazine rings is 1. The van der Waals surface area contributed by atoms with E-state index in [1.807, 2.05) is 91.5 Å². The summed E-state index contributed by atoms with van der Waals surface area (Å²) < 4.78 is 0. The molecule has 0 saturated carbocycles. The third-order valence-electron chi connectivity index (χ3n) is 5.64. The zero-order valence-electron chi connectivity index (χ0n) is 18.0. The highest BCUT2D eigenvalue weighted by atomic mass is 16.2. The van der Waals surface area contributed by atoms with Gasteiger partial charge in [-0.25, -0.2) is 0 Å². The standard InChI is InChI=1S/C26H27N3O2/c1-19-6-8-21(9-7-19)26(31)29-16-14-28(15-17-29)24-12-10-23(11-13-24)27-25(30)22-5-3-4-20(2)18-22/h3-13,18H,14-17H2,1-2H3,(H,27,30). The Kier molecular flexibility index (Phi) is 6.03. The van der Waals surface area contributed by atoms with Crippen LogP contribution in [0.4, 0.5) is 11.4 Å². The van der Waals surface area contributed by atoms with Crippen LogP contribution in [0, 0.1) is 13.8 Å². The molecule has 0 spiro atoms. The fourth-order valence-electron chi connectivity index (χ4n) is 3.79. The Labute approximate surface area is 183 Å². The SMILES string of the molecule is Cc1ccc(C(=O)N2CCN(c3ccc(NC(=O)c4cccc(C)c4)cc3)CC2)cc1. The van der Waals surface area contributed by atoms with E-state index in [-0.39, 0.29) is 11.8 Å². The third-order valence-corrected chi connectivity index (χ3v) is 5.64. The lowest BCUT2D eigenvalue weighted by Crippen LogP contribution is -2.48. The minimum atomic E-state index is -0.111. The number of nitrogens with zero attached hydrogens (tertiary/aromatic N) is 2. The fourth-order valence-corrected chi connectivity index (χ4v) is 3.79. The average molecular weight is 414 g/mol. The molecule has 1 saturated heterocycles. The molecule has 5 heteroatoms. The van der Waals surface area contributed by atoms with E-state index in [0.29, 0.717) is 18.7 Å². The van der Waals surface area contributed by atoms with E-state index in [1.165, 1.54) is 0 Å². The summed E-state index contributed by atoms with van der Waals surface area (Å²) in [4.78, 5) is 29.3. The largest absolute Gasteiger partial charge is 0.368 e. The van der Waals surface area contributed by atoms with Gasteiger partial charge in [-0.05, 0) is 62.4 Å². The Morgan fingerprint density at radius 3 is 2.06 bits per heavy atom. The van der Waals surface area contributed by atoms with E-state index in [0.717, 1.165) is 41.2 Å². The van der Waals surface area contributed by atoms with Crippen molar-refractivity contribution < 1.29 is 9.59 Å². The molecule has 1 aliphatic heterocycles. The van der Waals surface area contributed by atoms with Crippen molar-refractivity contribution in [1.29, 1.82) is 0 Å². The second-order valence-corrected chi connectivity index (χ2v) is 8.02. The molecule has 3 aromatic rings. The Balaban J connectivity index is 1.33. The van der Waals surface area contributed by atoms with Gasteiger partial charge >= 0.3 is 0 Å². The molecule has 1 heterocycles. The average Bonchev–Trinajstić information content (AvgIpc) is 2.80. The summed E-state index contributed by atoms with van der Waals surface area (Å²) in [6.45, 7) is 6.95. The molecule has 4 rings (SSSR count). The molecule has 3 aromatic carbocycles. The molecule has 0 unspecified atom stereocenters. The molecular weight excluding hydrogens is 386 g/mol. The summed E-state index contributed by atoms with van der Waals surface area (Å²) in [5.74, 6) is -0.0199. The van der Waals surface area contributed by atoms with Gasteiger partial charge in [0.15, 0.2) is 0 Å². The number of amides is 2. The van der Waals surface area contributed by atoms with Gasteiger partial charge in [0.1, 0.15) is 0 Å². The second-order valence-electron chi connectivity index (χ2n) is 8.02. The Hall–Kier alpha value is -3.60. The monoisotopic (exact) mass is 413 g/mol. The van der Waals surface area contributed by atoms with Crippen LogP contribution in [0.1, 0.15) is 31.8 Å². The van der Waals surface area contributed by atoms with Gasteiger partial charge in [0.05, 0.1) is 0 Å². The van der Waals surface area contributed by atoms with Crippen LogP contribution in [0.5, 0.6) is 0 Å². The van der Waals surface area contributed by atoms with Crippen molar-refractivity contribution in [3.8, 4) is 0 Å². The maximum atomic E-state index is 12.7. The van der Waals surface area contributed by atoms with E-state index < -0.39 is 0 Å². The van der Waals surface area contributed by atoms with Crippen molar-refractivity contribution in [2.24, 2.45) is 0 Å². The summed E-state index contributed by atoms with van der Waals surface area (Å²) in [5.41, 5.74) is 5.47. The molecule has 2 amide bonds. The molecule has 158 valence electrons. The quantitative estimate of drug-likeness (QED) is 0.684. The van der Waals surface area contributed by atoms with Crippen molar-refractivity contribution in [2.75, 3.05) is 36.4 Å². The van der Waals surface area contributed by atoms with Crippen molar-refractivity contribution >= 4 is 23.2 Å². The first-order chi connectivity index (χ1) is 15.0. The summed E-state index contributed by atoms with van der Waals surface area (Å²) in [5, 5.41) is 2.95. The lowest BCUT2D eigenvalue weighted by atomic mass is 10.1. The van der Waals surface area contributed by atoms with Gasteiger partial charge in [-0.1, -0.05) is 35.4 Å². The zero-order valence-corrected chi connectivity index (χ0v) is 18.0. The van der Waals surface area contributed by atoms with Gasteiger partial charge in [-0.15, -0.1) is 0 Å². The number of benzene rings is 3. The number of carbonyl (C=O) groups excluding carboxylic acids is 2. The molecule has 1 N–H and O–H groups in total. The van der Waals surface area contributed by atoms with E-state index in [2.05, 4.69) is 10.2 Å². The van der Waals surface area contributed by atoms with E-state index in [9.17, 15) is 9.59 Å². The van der Waals surface area contributed by atoms with Crippen LogP contribution in [0.15, 0.2) is 72.8 Å². The number of carbonyl (C=O) groups is 2. The first-order valence-electron chi connectivity index (χ1n) is 10.6. The highest BCUT2D eigenvalue weighted by Gasteiger charge is 2.22. The lowest BCUT2D eigenvalue weighted by Gasteiger charge is -2.36. The fraction of sp³-hybridized carbons (Fsp3) is 0.231. The topological polar surface area (TPSA) is 52.7 Å². The molecule has 5 nitrogen and oxygen atoms in total. The van der Waals surface area contributed by atoms with Gasteiger partial charge in [0, 0.05) is 48.7 Å². The normalized spacial score (nSPS) is 13.7. The molecule has 1 aliphatic rings. The van der Waals surface area contributed by atoms with Crippen LogP contribution in [0.25, 0.3) is 0 Å². The number of hydrogen-bond acceptors (Lipinski definition) is 3. The first kappa shape index (κ1) is 20.7. The summed E-state index contributed by atoms with van der Waals surface area (Å²) >= 11 is 0. The Morgan fingerprint density at radius 1 is 0.742 bits per heavy atom. The van der Waals surface area contributed by atoms with E-state index >= 15 is 0 Å². The molecule has 0 aliphatic carbocycles. The smallest absolute Gasteiger partial charge is 0.255 e. The van der Waals surface area contributed by atoms with Gasteiger partial charge < -0.3 is 15.1 Å². The zero-order chi connectivity index (χ0) is 21.8. The predicted molar refractivity (Wildman–Crippen MR) is 125 cm³/mol. The Bertz CT molecular complexity index is 1070. The lowest BCUT2D eigenvalue weighted by molar-refractivity contribution is 0.0746. The van der Waals surface area contributed by atoms with Gasteiger partial charge in [-0.2, -0.15) is 0 Å². The van der Waals surface area contributed by atoms with Crippen LogP contribution in [0.3, 0.4) is 0 Å². The van der Waals surface area contributed by atoms with Crippen LogP contribution >= 0.6 is 0 Å². The highest BCUT2D eigenvalue weighted by molar-refractivity contribution is 6.04. The Morgan fingerprint density at radius 2 is 1.42 bits per heavy atom. The van der Waals surface area contributed by atoms with E-state index in [1.54, 1.807) is 0 Å². The molecule has 1 fully saturated rings. The number of aryl methyl sites for hydroxylation is 2. The summed E-state index contributed by atoms with van der Waals surface area (Å²) in [7, 11) is 0. The molecule has 31 heavy (non-hydrogen) atoms. The first-order valence-corrected chi connectivity index (χ1v) is 10.6. The van der Waals surface area contributed by atoms with Gasteiger partial charge in [-0.3, -0.25) is 9.59 Å². The molecule has 0 atom stereocenters. The van der Waals surface area contributed by atoms with Crippen molar-refractivity contribution in [2.45, 2.75) is 13.8 Å². The van der Waals surface area contributed by atoms with Gasteiger partial charge in [0.25, 0.3) is 11.8 Å². The maximum Gasteiger partial charge on any atom is 0.255 e. The van der Waals surface area contributed by atoms with Crippen LogP contribution in [-0.4, -0.2) is 42.9 Å². The van der Waals surface area contributed by atoms with Crippen molar-refractivity contribution in [3.05, 3.63) is 95.1 Å². The summed E-state index contributed by atoms with van der Waals surface area (Å²) in [6.07, 6.45) is 0. The van der Waals surface area contributed by atoms with E-state index in [4.69, 9.17) is 0 Å². The van der Waals surface area contributed by atoms with Crippen LogP contribution in [-0.2, 0) is 0 Å². The molecule has 0 bridgehead atoms. The third kappa shape index (κ3) is 4.94. The maximum absolute atomic E-state index is 12.7. The van der Waals surface area contributed by atoms with Crippen molar-refractivity contribution in [1.82, 2.24) is 4.90 Å². The number of hydrogen-bond donors (Lipinski definition) is 1. The van der Waals surface area contributed by atoms with Crippen LogP contribution < -0.4 is 10.2 Å². The van der Waals surface area contributed by atoms with Gasteiger partial charge in [0.2, 0.25) is 0 Å².